The van der Waals surface area contributed by atoms with Gasteiger partial charge in [0.05, 0.1) is 11.0 Å². The topological polar surface area (TPSA) is 123 Å². The van der Waals surface area contributed by atoms with Crippen molar-refractivity contribution in [3.05, 3.63) is 73.1 Å². The van der Waals surface area contributed by atoms with Crippen LogP contribution in [0.15, 0.2) is 73.1 Å². The number of hydrogen-bond donors (Lipinski definition) is 0. The maximum Gasteiger partial charge on any atom is 0.0623 e. The molecule has 0 spiro atoms. The van der Waals surface area contributed by atoms with E-state index in [1.165, 1.54) is 12.1 Å². The SMILES string of the molecule is C[O-].[O-2].[O-]c1cccc2cccnc12.[O-]c1cccc2cccnc12.[V]. The van der Waals surface area contributed by atoms with Crippen LogP contribution in [0.4, 0.5) is 0 Å². The first kappa shape index (κ1) is 23.4. The van der Waals surface area contributed by atoms with Gasteiger partial charge < -0.3 is 20.8 Å². The molecule has 4 aromatic rings. The van der Waals surface area contributed by atoms with Crippen LogP contribution in [0.5, 0.6) is 11.5 Å². The van der Waals surface area contributed by atoms with Crippen molar-refractivity contribution in [1.29, 1.82) is 0 Å². The van der Waals surface area contributed by atoms with Gasteiger partial charge >= 0.3 is 0 Å². The Kier molecular flexibility index (Phi) is 10.6. The van der Waals surface area contributed by atoms with E-state index >= 15 is 0 Å². The first-order valence-electron chi connectivity index (χ1n) is 7.18. The van der Waals surface area contributed by atoms with Crippen molar-refractivity contribution in [2.45, 2.75) is 0 Å². The quantitative estimate of drug-likeness (QED) is 0.453. The van der Waals surface area contributed by atoms with E-state index < -0.39 is 0 Å². The van der Waals surface area contributed by atoms with Gasteiger partial charge in [-0.05, 0) is 22.9 Å². The molecule has 0 aliphatic carbocycles. The van der Waals surface area contributed by atoms with Gasteiger partial charge in [0.25, 0.3) is 0 Å². The second-order valence-corrected chi connectivity index (χ2v) is 4.66. The molecule has 0 bridgehead atoms. The summed E-state index contributed by atoms with van der Waals surface area (Å²) < 4.78 is 0. The molecule has 2 aromatic heterocycles. The van der Waals surface area contributed by atoms with Gasteiger partial charge in [0, 0.05) is 30.9 Å². The number of fused-ring (bicyclic) bond motifs is 2. The number of benzene rings is 2. The van der Waals surface area contributed by atoms with Gasteiger partial charge in [-0.3, -0.25) is 9.97 Å². The average molecular weight is 386 g/mol. The van der Waals surface area contributed by atoms with Gasteiger partial charge in [0.2, 0.25) is 0 Å². The second kappa shape index (κ2) is 11.8. The Hall–Kier alpha value is -2.64. The Balaban J connectivity index is 0.000000410. The van der Waals surface area contributed by atoms with Crippen LogP contribution in [0, 0.1) is 0 Å². The van der Waals surface area contributed by atoms with Crippen molar-refractivity contribution in [3.8, 4) is 11.5 Å². The average Bonchev–Trinajstić information content (AvgIpc) is 2.65. The van der Waals surface area contributed by atoms with Crippen LogP contribution >= 0.6 is 0 Å². The third-order valence-electron chi connectivity index (χ3n) is 3.19. The molecule has 6 nitrogen and oxygen atoms in total. The zero-order chi connectivity index (χ0) is 17.4. The first-order chi connectivity index (χ1) is 11.8. The monoisotopic (exact) mass is 386 g/mol. The Morgan fingerprint density at radius 3 is 1.31 bits per heavy atom. The van der Waals surface area contributed by atoms with E-state index in [1.54, 1.807) is 24.5 Å². The first-order valence-corrected chi connectivity index (χ1v) is 7.18. The normalized spacial score (nSPS) is 8.85. The van der Waals surface area contributed by atoms with Gasteiger partial charge in [-0.25, -0.2) is 0 Å². The largest absolute Gasteiger partial charge is 2.00 e. The predicted octanol–water partition coefficient (Wildman–Crippen LogP) is 1.47. The van der Waals surface area contributed by atoms with Crippen LogP contribution in [0.1, 0.15) is 0 Å². The van der Waals surface area contributed by atoms with Crippen LogP contribution in [-0.2, 0) is 24.0 Å². The van der Waals surface area contributed by atoms with Crippen LogP contribution in [0.3, 0.4) is 0 Å². The van der Waals surface area contributed by atoms with Gasteiger partial charge in [0.15, 0.2) is 0 Å². The molecule has 0 unspecified atom stereocenters. The molecule has 0 aliphatic rings. The maximum absolute atomic E-state index is 11.1. The fourth-order valence-corrected chi connectivity index (χ4v) is 2.15. The molecule has 2 heterocycles. The zero-order valence-electron chi connectivity index (χ0n) is 13.9. The van der Waals surface area contributed by atoms with Crippen molar-refractivity contribution in [2.24, 2.45) is 0 Å². The van der Waals surface area contributed by atoms with Crippen molar-refractivity contribution in [2.75, 3.05) is 7.11 Å². The number of para-hydroxylation sites is 2. The minimum absolute atomic E-state index is 0. The number of aromatic nitrogens is 2. The number of rotatable bonds is 0. The third-order valence-corrected chi connectivity index (χ3v) is 3.19. The Morgan fingerprint density at radius 1 is 0.615 bits per heavy atom. The summed E-state index contributed by atoms with van der Waals surface area (Å²) in [6.45, 7) is 0. The molecule has 0 saturated carbocycles. The summed E-state index contributed by atoms with van der Waals surface area (Å²) in [7, 11) is 0.750. The minimum atomic E-state index is -0.0110. The van der Waals surface area contributed by atoms with Crippen LogP contribution in [-0.4, -0.2) is 17.1 Å². The number of hydrogen-bond acceptors (Lipinski definition) is 5. The Labute approximate surface area is 163 Å². The van der Waals surface area contributed by atoms with E-state index in [9.17, 15) is 10.2 Å². The summed E-state index contributed by atoms with van der Waals surface area (Å²) in [6, 6.07) is 17.7. The predicted molar refractivity (Wildman–Crippen MR) is 89.0 cm³/mol. The van der Waals surface area contributed by atoms with Crippen LogP contribution in [0.2, 0.25) is 0 Å². The van der Waals surface area contributed by atoms with E-state index in [0.29, 0.717) is 11.0 Å². The summed E-state index contributed by atoms with van der Waals surface area (Å²) in [5.41, 5.74) is 1.10. The Morgan fingerprint density at radius 2 is 0.962 bits per heavy atom. The molecule has 135 valence electrons. The van der Waals surface area contributed by atoms with Crippen LogP contribution < -0.4 is 15.3 Å². The summed E-state index contributed by atoms with van der Waals surface area (Å²) in [6.07, 6.45) is 3.26. The summed E-state index contributed by atoms with van der Waals surface area (Å²) in [4.78, 5) is 7.94. The molecule has 0 aliphatic heterocycles. The van der Waals surface area contributed by atoms with E-state index in [1.807, 2.05) is 36.4 Å². The molecule has 4 rings (SSSR count). The molecule has 0 atom stereocenters. The molecular formula is C19H15N2O4V-5. The Bertz CT molecular complexity index is 847. The third kappa shape index (κ3) is 5.72. The van der Waals surface area contributed by atoms with Crippen molar-refractivity contribution in [3.63, 3.8) is 0 Å². The van der Waals surface area contributed by atoms with Crippen molar-refractivity contribution < 1.29 is 39.4 Å². The van der Waals surface area contributed by atoms with Crippen LogP contribution in [0.25, 0.3) is 21.8 Å². The van der Waals surface area contributed by atoms with E-state index in [-0.39, 0.29) is 35.5 Å². The van der Waals surface area contributed by atoms with Crippen molar-refractivity contribution >= 4 is 21.8 Å². The fourth-order valence-electron chi connectivity index (χ4n) is 2.15. The number of nitrogens with zero attached hydrogens (tertiary/aromatic N) is 2. The summed E-state index contributed by atoms with van der Waals surface area (Å²) >= 11 is 0. The molecule has 26 heavy (non-hydrogen) atoms. The van der Waals surface area contributed by atoms with E-state index in [0.717, 1.165) is 17.9 Å². The molecule has 2 aromatic carbocycles. The molecular weight excluding hydrogens is 371 g/mol. The number of pyridine rings is 2. The van der Waals surface area contributed by atoms with E-state index in [4.69, 9.17) is 5.11 Å². The van der Waals surface area contributed by atoms with Gasteiger partial charge in [-0.1, -0.05) is 60.0 Å². The smallest absolute Gasteiger partial charge is 0.0623 e. The minimum Gasteiger partial charge on any atom is -2.00 e. The maximum atomic E-state index is 11.1. The standard InChI is InChI=1S/2C9H7NO.CH3O.O.V/c2*11-8-5-1-3-7-4-2-6-10-9(7)8;1-2;;/h2*1-6,11H;1H3;;/q;;-1;-2;/p-2. The van der Waals surface area contributed by atoms with Gasteiger partial charge in [0.1, 0.15) is 0 Å². The second-order valence-electron chi connectivity index (χ2n) is 4.66. The van der Waals surface area contributed by atoms with Gasteiger partial charge in [-0.2, -0.15) is 7.11 Å². The molecule has 1 radical (unpaired) electrons. The summed E-state index contributed by atoms with van der Waals surface area (Å²) in [5.74, 6) is -0.0220. The fraction of sp³-hybridized carbons (Fsp3) is 0.0526. The zero-order valence-corrected chi connectivity index (χ0v) is 15.3. The molecule has 0 fully saturated rings. The van der Waals surface area contributed by atoms with Crippen molar-refractivity contribution in [1.82, 2.24) is 9.97 Å². The molecule has 7 heteroatoms. The van der Waals surface area contributed by atoms with E-state index in [2.05, 4.69) is 9.97 Å². The molecule has 0 saturated heterocycles. The summed E-state index contributed by atoms with van der Waals surface area (Å²) in [5, 5.41) is 32.3. The van der Waals surface area contributed by atoms with Gasteiger partial charge in [-0.15, -0.1) is 0 Å². The molecule has 0 N–H and O–H groups in total. The molecule has 0 amide bonds.